The molecule has 1 heterocycles. The largest absolute Gasteiger partial charge is 0.346 e. The van der Waals surface area contributed by atoms with Crippen molar-refractivity contribution in [2.45, 2.75) is 63.1 Å². The highest BCUT2D eigenvalue weighted by atomic mass is 35.5. The Morgan fingerprint density at radius 2 is 2.17 bits per heavy atom. The smallest absolute Gasteiger partial charge is 0.220 e. The van der Waals surface area contributed by atoms with E-state index in [9.17, 15) is 4.79 Å². The van der Waals surface area contributed by atoms with E-state index in [1.807, 2.05) is 35.8 Å². The fourth-order valence-electron chi connectivity index (χ4n) is 3.67. The van der Waals surface area contributed by atoms with Gasteiger partial charge in [0.2, 0.25) is 5.91 Å². The van der Waals surface area contributed by atoms with E-state index in [2.05, 4.69) is 22.1 Å². The quantitative estimate of drug-likeness (QED) is 0.405. The second kappa shape index (κ2) is 10.8. The second-order valence-corrected chi connectivity index (χ2v) is 9.01. The molecule has 2 aromatic rings. The number of thioether (sulfide) groups is 1. The maximum absolute atomic E-state index is 12.2. The number of hydrogen-bond donors (Lipinski definition) is 1. The van der Waals surface area contributed by atoms with Crippen LogP contribution < -0.4 is 5.32 Å². The van der Waals surface area contributed by atoms with Gasteiger partial charge < -0.3 is 5.32 Å². The van der Waals surface area contributed by atoms with Crippen LogP contribution in [0.15, 0.2) is 42.1 Å². The van der Waals surface area contributed by atoms with Gasteiger partial charge in [-0.15, -0.1) is 16.8 Å². The van der Waals surface area contributed by atoms with Crippen LogP contribution in [0.5, 0.6) is 0 Å². The Hall–Kier alpha value is -1.79. The van der Waals surface area contributed by atoms with Crippen LogP contribution in [0.1, 0.15) is 63.7 Å². The Bertz CT molecular complexity index is 832. The van der Waals surface area contributed by atoms with Gasteiger partial charge in [-0.3, -0.25) is 9.36 Å². The predicted octanol–water partition coefficient (Wildman–Crippen LogP) is 5.74. The number of nitrogens with one attached hydrogen (secondary N) is 1. The molecular formula is C22H29ClN4OS. The van der Waals surface area contributed by atoms with Gasteiger partial charge in [-0.05, 0) is 50.3 Å². The van der Waals surface area contributed by atoms with Crippen molar-refractivity contribution in [1.82, 2.24) is 20.1 Å². The standard InChI is InChI=1S/C22H29ClN4OS/c1-3-4-13-20(28)24-16(2)21-25-26-22(29-15-17-9-6-5-7-10-17)27(21)19-12-8-11-18(23)14-19/h3,8,11-12,14,16-17H,1,4-7,9-10,13,15H2,2H3,(H,24,28)/t16-/m1/s1. The van der Waals surface area contributed by atoms with E-state index in [0.29, 0.717) is 23.7 Å². The van der Waals surface area contributed by atoms with E-state index in [-0.39, 0.29) is 11.9 Å². The fourth-order valence-corrected chi connectivity index (χ4v) is 5.00. The molecule has 1 N–H and O–H groups in total. The van der Waals surface area contributed by atoms with Crippen LogP contribution in [0.25, 0.3) is 5.69 Å². The average molecular weight is 433 g/mol. The first-order chi connectivity index (χ1) is 14.1. The van der Waals surface area contributed by atoms with Crippen molar-refractivity contribution >= 4 is 29.3 Å². The molecule has 0 unspecified atom stereocenters. The van der Waals surface area contributed by atoms with Gasteiger partial charge in [-0.1, -0.05) is 54.8 Å². The molecule has 0 aliphatic heterocycles. The van der Waals surface area contributed by atoms with Crippen LogP contribution >= 0.6 is 23.4 Å². The highest BCUT2D eigenvalue weighted by Gasteiger charge is 2.22. The van der Waals surface area contributed by atoms with Crippen molar-refractivity contribution in [1.29, 1.82) is 0 Å². The minimum Gasteiger partial charge on any atom is -0.346 e. The van der Waals surface area contributed by atoms with Gasteiger partial charge in [-0.2, -0.15) is 0 Å². The zero-order valence-electron chi connectivity index (χ0n) is 16.9. The van der Waals surface area contributed by atoms with E-state index in [0.717, 1.165) is 22.5 Å². The fraction of sp³-hybridized carbons (Fsp3) is 0.500. The first kappa shape index (κ1) is 21.9. The van der Waals surface area contributed by atoms with Crippen LogP contribution in [0, 0.1) is 5.92 Å². The number of halogens is 1. The molecule has 156 valence electrons. The number of aromatic nitrogens is 3. The second-order valence-electron chi connectivity index (χ2n) is 7.59. The summed E-state index contributed by atoms with van der Waals surface area (Å²) in [5.41, 5.74) is 0.913. The Balaban J connectivity index is 1.82. The first-order valence-electron chi connectivity index (χ1n) is 10.3. The number of carbonyl (C=O) groups is 1. The van der Waals surface area contributed by atoms with Crippen molar-refractivity contribution in [2.75, 3.05) is 5.75 Å². The molecule has 0 radical (unpaired) electrons. The number of carbonyl (C=O) groups excluding carboxylic acids is 1. The number of allylic oxidation sites excluding steroid dienone is 1. The van der Waals surface area contributed by atoms with Gasteiger partial charge in [0.1, 0.15) is 0 Å². The van der Waals surface area contributed by atoms with E-state index in [1.165, 1.54) is 32.1 Å². The molecule has 29 heavy (non-hydrogen) atoms. The van der Waals surface area contributed by atoms with Crippen LogP contribution in [-0.4, -0.2) is 26.4 Å². The van der Waals surface area contributed by atoms with Crippen molar-refractivity contribution < 1.29 is 4.79 Å². The summed E-state index contributed by atoms with van der Waals surface area (Å²) in [6, 6.07) is 7.42. The monoisotopic (exact) mass is 432 g/mol. The summed E-state index contributed by atoms with van der Waals surface area (Å²) in [4.78, 5) is 12.2. The minimum absolute atomic E-state index is 0.0190. The lowest BCUT2D eigenvalue weighted by atomic mass is 9.91. The lowest BCUT2D eigenvalue weighted by Crippen LogP contribution is -2.28. The number of nitrogens with zero attached hydrogens (tertiary/aromatic N) is 3. The molecule has 0 spiro atoms. The lowest BCUT2D eigenvalue weighted by molar-refractivity contribution is -0.121. The molecule has 0 bridgehead atoms. The Kier molecular flexibility index (Phi) is 8.19. The van der Waals surface area contributed by atoms with Crippen molar-refractivity contribution in [3.63, 3.8) is 0 Å². The Morgan fingerprint density at radius 3 is 2.90 bits per heavy atom. The molecule has 1 amide bonds. The molecule has 1 aromatic carbocycles. The third kappa shape index (κ3) is 6.09. The van der Waals surface area contributed by atoms with E-state index >= 15 is 0 Å². The number of hydrogen-bond acceptors (Lipinski definition) is 4. The Morgan fingerprint density at radius 1 is 1.38 bits per heavy atom. The first-order valence-corrected chi connectivity index (χ1v) is 11.7. The molecule has 1 aliphatic rings. The minimum atomic E-state index is -0.261. The topological polar surface area (TPSA) is 59.8 Å². The lowest BCUT2D eigenvalue weighted by Gasteiger charge is -2.21. The van der Waals surface area contributed by atoms with Crippen LogP contribution in [-0.2, 0) is 4.79 Å². The molecule has 5 nitrogen and oxygen atoms in total. The summed E-state index contributed by atoms with van der Waals surface area (Å²) in [6.45, 7) is 5.61. The maximum Gasteiger partial charge on any atom is 0.220 e. The molecule has 7 heteroatoms. The predicted molar refractivity (Wildman–Crippen MR) is 120 cm³/mol. The zero-order valence-corrected chi connectivity index (χ0v) is 18.5. The average Bonchev–Trinajstić information content (AvgIpc) is 3.15. The van der Waals surface area contributed by atoms with Crippen molar-refractivity contribution in [3.05, 3.63) is 47.8 Å². The highest BCUT2D eigenvalue weighted by Crippen LogP contribution is 2.32. The van der Waals surface area contributed by atoms with Crippen molar-refractivity contribution in [2.24, 2.45) is 5.92 Å². The Labute approximate surface area is 182 Å². The third-order valence-corrected chi connectivity index (χ3v) is 6.63. The molecule has 0 saturated heterocycles. The SMILES string of the molecule is C=CCCC(=O)N[C@H](C)c1nnc(SCC2CCCCC2)n1-c1cccc(Cl)c1. The molecule has 1 fully saturated rings. The summed E-state index contributed by atoms with van der Waals surface area (Å²) in [5.74, 6) is 2.47. The summed E-state index contributed by atoms with van der Waals surface area (Å²) < 4.78 is 2.03. The molecule has 1 aliphatic carbocycles. The normalized spacial score (nSPS) is 15.8. The highest BCUT2D eigenvalue weighted by molar-refractivity contribution is 7.99. The molecule has 1 saturated carbocycles. The number of rotatable bonds is 9. The number of benzene rings is 1. The van der Waals surface area contributed by atoms with Gasteiger partial charge >= 0.3 is 0 Å². The van der Waals surface area contributed by atoms with Crippen molar-refractivity contribution in [3.8, 4) is 5.69 Å². The molecular weight excluding hydrogens is 404 g/mol. The van der Waals surface area contributed by atoms with Crippen LogP contribution in [0.3, 0.4) is 0 Å². The summed E-state index contributed by atoms with van der Waals surface area (Å²) in [7, 11) is 0. The molecule has 1 atom stereocenters. The molecule has 3 rings (SSSR count). The summed E-state index contributed by atoms with van der Waals surface area (Å²) in [5, 5.41) is 13.4. The third-order valence-electron chi connectivity index (χ3n) is 5.24. The van der Waals surface area contributed by atoms with Gasteiger partial charge in [0, 0.05) is 17.2 Å². The van der Waals surface area contributed by atoms with E-state index in [4.69, 9.17) is 11.6 Å². The number of amides is 1. The van der Waals surface area contributed by atoms with Gasteiger partial charge in [-0.25, -0.2) is 0 Å². The zero-order chi connectivity index (χ0) is 20.6. The molecule has 1 aromatic heterocycles. The van der Waals surface area contributed by atoms with Crippen LogP contribution in [0.4, 0.5) is 0 Å². The van der Waals surface area contributed by atoms with E-state index in [1.54, 1.807) is 17.8 Å². The van der Waals surface area contributed by atoms with E-state index < -0.39 is 0 Å². The summed E-state index contributed by atoms with van der Waals surface area (Å²) in [6.07, 6.45) is 9.41. The van der Waals surface area contributed by atoms with Gasteiger partial charge in [0.25, 0.3) is 0 Å². The summed E-state index contributed by atoms with van der Waals surface area (Å²) >= 11 is 7.99. The van der Waals surface area contributed by atoms with Gasteiger partial charge in [0.05, 0.1) is 11.7 Å². The van der Waals surface area contributed by atoms with Crippen LogP contribution in [0.2, 0.25) is 5.02 Å². The maximum atomic E-state index is 12.2. The van der Waals surface area contributed by atoms with Gasteiger partial charge in [0.15, 0.2) is 11.0 Å².